The van der Waals surface area contributed by atoms with E-state index in [1.54, 1.807) is 50.5 Å². The molecule has 0 fully saturated rings. The summed E-state index contributed by atoms with van der Waals surface area (Å²) in [4.78, 5) is 32.3. The monoisotopic (exact) mass is 467 g/mol. The number of carbonyl (C=O) groups is 2. The molecular weight excluding hydrogens is 449 g/mol. The molecule has 0 bridgehead atoms. The van der Waals surface area contributed by atoms with Crippen LogP contribution in [0.25, 0.3) is 16.4 Å². The van der Waals surface area contributed by atoms with Crippen molar-refractivity contribution >= 4 is 39.9 Å². The molecule has 0 unspecified atom stereocenters. The second kappa shape index (κ2) is 9.33. The maximum absolute atomic E-state index is 13.4. The smallest absolute Gasteiger partial charge is 0.295 e. The van der Waals surface area contributed by atoms with Crippen LogP contribution in [0.2, 0.25) is 0 Å². The van der Waals surface area contributed by atoms with Crippen LogP contribution in [-0.4, -0.2) is 44.9 Å². The molecule has 0 atom stereocenters. The normalized spacial score (nSPS) is 10.7. The lowest BCUT2D eigenvalue weighted by atomic mass is 10.3. The molecule has 0 aliphatic rings. The van der Waals surface area contributed by atoms with E-state index >= 15 is 0 Å². The summed E-state index contributed by atoms with van der Waals surface area (Å²) in [6.07, 6.45) is 0. The minimum Gasteiger partial charge on any atom is -0.339 e. The molecule has 2 amide bonds. The van der Waals surface area contributed by atoms with E-state index in [-0.39, 0.29) is 16.9 Å². The number of carbonyl (C=O) groups excluding carboxylic acids is 2. The van der Waals surface area contributed by atoms with Gasteiger partial charge in [0.05, 0.1) is 10.6 Å². The number of thiophene rings is 1. The number of amides is 2. The lowest BCUT2D eigenvalue weighted by molar-refractivity contribution is 0.101. The summed E-state index contributed by atoms with van der Waals surface area (Å²) in [6, 6.07) is 16.5. The highest BCUT2D eigenvalue weighted by atomic mass is 32.2. The standard InChI is InChI=1S/C22H18FN5O2S2/c1-27(2)22(30)32-17-6-3-5-15(13-17)24-21(29)19-25-20(18-7-4-12-31-18)28(26-19)16-10-8-14(23)9-11-16/h3-13H,1-2H3,(H,24,29). The van der Waals surface area contributed by atoms with Crippen molar-refractivity contribution in [3.8, 4) is 16.4 Å². The van der Waals surface area contributed by atoms with E-state index in [0.29, 0.717) is 22.1 Å². The third-order valence-electron chi connectivity index (χ3n) is 4.29. The fourth-order valence-corrected chi connectivity index (χ4v) is 4.17. The molecule has 2 aromatic heterocycles. The summed E-state index contributed by atoms with van der Waals surface area (Å²) in [7, 11) is 3.35. The molecule has 1 N–H and O–H groups in total. The quantitative estimate of drug-likeness (QED) is 0.410. The summed E-state index contributed by atoms with van der Waals surface area (Å²) >= 11 is 2.52. The van der Waals surface area contributed by atoms with E-state index in [2.05, 4.69) is 15.4 Å². The molecule has 0 radical (unpaired) electrons. The van der Waals surface area contributed by atoms with Crippen LogP contribution in [0.4, 0.5) is 14.9 Å². The fraction of sp³-hybridized carbons (Fsp3) is 0.0909. The van der Waals surface area contributed by atoms with Crippen LogP contribution in [0.5, 0.6) is 0 Å². The average Bonchev–Trinajstić information content (AvgIpc) is 3.44. The molecule has 2 heterocycles. The zero-order valence-corrected chi connectivity index (χ0v) is 18.8. The predicted molar refractivity (Wildman–Crippen MR) is 124 cm³/mol. The van der Waals surface area contributed by atoms with Gasteiger partial charge in [0.1, 0.15) is 5.82 Å². The van der Waals surface area contributed by atoms with Crippen molar-refractivity contribution in [2.45, 2.75) is 4.90 Å². The van der Waals surface area contributed by atoms with Gasteiger partial charge >= 0.3 is 0 Å². The molecule has 0 aliphatic carbocycles. The molecule has 162 valence electrons. The molecule has 0 saturated carbocycles. The highest BCUT2D eigenvalue weighted by Gasteiger charge is 2.20. The van der Waals surface area contributed by atoms with Crippen LogP contribution in [0.1, 0.15) is 10.6 Å². The zero-order valence-electron chi connectivity index (χ0n) is 17.2. The van der Waals surface area contributed by atoms with Crippen LogP contribution in [-0.2, 0) is 0 Å². The van der Waals surface area contributed by atoms with Gasteiger partial charge in [0.25, 0.3) is 11.1 Å². The summed E-state index contributed by atoms with van der Waals surface area (Å²) in [5.41, 5.74) is 1.10. The Labute approximate surface area is 191 Å². The molecule has 0 saturated heterocycles. The largest absolute Gasteiger partial charge is 0.339 e. The zero-order chi connectivity index (χ0) is 22.7. The minimum atomic E-state index is -0.496. The Morgan fingerprint density at radius 1 is 1.09 bits per heavy atom. The van der Waals surface area contributed by atoms with Gasteiger partial charge in [-0.05, 0) is 65.7 Å². The minimum absolute atomic E-state index is 0.0276. The van der Waals surface area contributed by atoms with Crippen molar-refractivity contribution in [3.63, 3.8) is 0 Å². The Morgan fingerprint density at radius 3 is 2.56 bits per heavy atom. The van der Waals surface area contributed by atoms with E-state index in [1.165, 1.54) is 33.1 Å². The number of hydrogen-bond acceptors (Lipinski definition) is 6. The van der Waals surface area contributed by atoms with Crippen LogP contribution in [0, 0.1) is 5.82 Å². The van der Waals surface area contributed by atoms with Crippen LogP contribution >= 0.6 is 23.1 Å². The highest BCUT2D eigenvalue weighted by molar-refractivity contribution is 8.13. The van der Waals surface area contributed by atoms with Gasteiger partial charge in [-0.1, -0.05) is 12.1 Å². The van der Waals surface area contributed by atoms with Crippen molar-refractivity contribution in [1.29, 1.82) is 0 Å². The first kappa shape index (κ1) is 21.7. The van der Waals surface area contributed by atoms with E-state index in [4.69, 9.17) is 0 Å². The van der Waals surface area contributed by atoms with Gasteiger partial charge in [0, 0.05) is 24.7 Å². The topological polar surface area (TPSA) is 80.1 Å². The van der Waals surface area contributed by atoms with Gasteiger partial charge < -0.3 is 10.2 Å². The number of nitrogens with one attached hydrogen (secondary N) is 1. The van der Waals surface area contributed by atoms with E-state index in [0.717, 1.165) is 16.6 Å². The Balaban J connectivity index is 1.61. The van der Waals surface area contributed by atoms with E-state index in [9.17, 15) is 14.0 Å². The number of hydrogen-bond donors (Lipinski definition) is 1. The molecule has 4 rings (SSSR count). The third kappa shape index (κ3) is 4.87. The van der Waals surface area contributed by atoms with E-state index < -0.39 is 5.91 Å². The predicted octanol–water partition coefficient (Wildman–Crippen LogP) is 5.16. The second-order valence-electron chi connectivity index (χ2n) is 6.87. The highest BCUT2D eigenvalue weighted by Crippen LogP contribution is 2.27. The summed E-state index contributed by atoms with van der Waals surface area (Å²) in [5, 5.41) is 8.93. The lowest BCUT2D eigenvalue weighted by Gasteiger charge is -2.10. The number of rotatable bonds is 5. The number of aromatic nitrogens is 3. The van der Waals surface area contributed by atoms with Gasteiger partial charge in [0.15, 0.2) is 5.82 Å². The van der Waals surface area contributed by atoms with Gasteiger partial charge in [-0.3, -0.25) is 9.59 Å². The van der Waals surface area contributed by atoms with Crippen LogP contribution in [0.3, 0.4) is 0 Å². The third-order valence-corrected chi connectivity index (χ3v) is 6.18. The van der Waals surface area contributed by atoms with Crippen molar-refractivity contribution in [1.82, 2.24) is 19.7 Å². The molecular formula is C22H18FN5O2S2. The van der Waals surface area contributed by atoms with Crippen molar-refractivity contribution in [2.24, 2.45) is 0 Å². The van der Waals surface area contributed by atoms with Crippen LogP contribution < -0.4 is 5.32 Å². The molecule has 32 heavy (non-hydrogen) atoms. The fourth-order valence-electron chi connectivity index (χ4n) is 2.75. The molecule has 0 spiro atoms. The first-order valence-electron chi connectivity index (χ1n) is 9.48. The maximum Gasteiger partial charge on any atom is 0.295 e. The molecule has 0 aliphatic heterocycles. The summed E-state index contributed by atoms with van der Waals surface area (Å²) in [5.74, 6) is -0.405. The summed E-state index contributed by atoms with van der Waals surface area (Å²) < 4.78 is 14.9. The van der Waals surface area contributed by atoms with Gasteiger partial charge in [-0.2, -0.15) is 0 Å². The van der Waals surface area contributed by atoms with Crippen molar-refractivity contribution in [3.05, 3.63) is 77.7 Å². The molecule has 4 aromatic rings. The molecule has 10 heteroatoms. The Kier molecular flexibility index (Phi) is 6.33. The number of benzene rings is 2. The maximum atomic E-state index is 13.4. The lowest BCUT2D eigenvalue weighted by Crippen LogP contribution is -2.16. The Morgan fingerprint density at radius 2 is 1.88 bits per heavy atom. The molecule has 7 nitrogen and oxygen atoms in total. The van der Waals surface area contributed by atoms with E-state index in [1.807, 2.05) is 17.5 Å². The molecule has 2 aromatic carbocycles. The number of halogens is 1. The van der Waals surface area contributed by atoms with Crippen LogP contribution in [0.15, 0.2) is 70.9 Å². The average molecular weight is 468 g/mol. The number of thioether (sulfide) groups is 1. The Bertz CT molecular complexity index is 1250. The first-order valence-corrected chi connectivity index (χ1v) is 11.2. The van der Waals surface area contributed by atoms with Gasteiger partial charge in [-0.25, -0.2) is 14.1 Å². The number of nitrogens with zero attached hydrogens (tertiary/aromatic N) is 4. The van der Waals surface area contributed by atoms with Gasteiger partial charge in [0.2, 0.25) is 5.82 Å². The van der Waals surface area contributed by atoms with Crippen molar-refractivity contribution in [2.75, 3.05) is 19.4 Å². The number of anilines is 1. The summed E-state index contributed by atoms with van der Waals surface area (Å²) in [6.45, 7) is 0. The first-order chi connectivity index (χ1) is 15.4. The Hall–Kier alpha value is -3.50. The second-order valence-corrected chi connectivity index (χ2v) is 8.84. The van der Waals surface area contributed by atoms with Crippen molar-refractivity contribution < 1.29 is 14.0 Å². The van der Waals surface area contributed by atoms with Gasteiger partial charge in [-0.15, -0.1) is 16.4 Å². The SMILES string of the molecule is CN(C)C(=O)Sc1cccc(NC(=O)c2nc(-c3cccs3)n(-c3ccc(F)cc3)n2)c1.